The molecule has 6 rings (SSSR count). The quantitative estimate of drug-likeness (QED) is 0.264. The maximum absolute atomic E-state index is 6.12. The SMILES string of the molecule is Clc1ccc2ccc(/C=C/c3ccc(Cn4ccc5cccc(CCn6cnnn6)c54)cc3)nc2c1. The summed E-state index contributed by atoms with van der Waals surface area (Å²) in [6.07, 6.45) is 8.80. The monoisotopic (exact) mass is 490 g/mol. The third-order valence-electron chi connectivity index (χ3n) is 6.33. The molecule has 3 aromatic heterocycles. The van der Waals surface area contributed by atoms with E-state index in [0.717, 1.165) is 41.7 Å². The third-order valence-corrected chi connectivity index (χ3v) is 6.56. The van der Waals surface area contributed by atoms with Crippen molar-refractivity contribution in [3.8, 4) is 0 Å². The van der Waals surface area contributed by atoms with E-state index in [9.17, 15) is 0 Å². The number of aryl methyl sites for hydroxylation is 2. The van der Waals surface area contributed by atoms with Crippen LogP contribution >= 0.6 is 11.6 Å². The van der Waals surface area contributed by atoms with Crippen LogP contribution in [0.4, 0.5) is 0 Å². The molecule has 0 bridgehead atoms. The number of hydrogen-bond donors (Lipinski definition) is 0. The van der Waals surface area contributed by atoms with Crippen LogP contribution in [0, 0.1) is 0 Å². The van der Waals surface area contributed by atoms with Crippen molar-refractivity contribution in [1.82, 2.24) is 29.8 Å². The zero-order valence-corrected chi connectivity index (χ0v) is 20.3. The second kappa shape index (κ2) is 9.76. The lowest BCUT2D eigenvalue weighted by Crippen LogP contribution is -2.05. The average molecular weight is 491 g/mol. The summed E-state index contributed by atoms with van der Waals surface area (Å²) in [6.45, 7) is 1.56. The van der Waals surface area contributed by atoms with Crippen molar-refractivity contribution in [2.24, 2.45) is 0 Å². The summed E-state index contributed by atoms with van der Waals surface area (Å²) in [6, 6.07) is 27.2. The highest BCUT2D eigenvalue weighted by Crippen LogP contribution is 2.23. The number of para-hydroxylation sites is 1. The van der Waals surface area contributed by atoms with Crippen molar-refractivity contribution < 1.29 is 0 Å². The van der Waals surface area contributed by atoms with Gasteiger partial charge in [0.1, 0.15) is 6.33 Å². The minimum atomic E-state index is 0.696. The van der Waals surface area contributed by atoms with Crippen molar-refractivity contribution >= 4 is 45.6 Å². The minimum Gasteiger partial charge on any atom is -0.343 e. The molecule has 0 N–H and O–H groups in total. The molecule has 0 amide bonds. The van der Waals surface area contributed by atoms with Crippen molar-refractivity contribution in [3.63, 3.8) is 0 Å². The Morgan fingerprint density at radius 3 is 2.61 bits per heavy atom. The Morgan fingerprint density at radius 1 is 0.861 bits per heavy atom. The van der Waals surface area contributed by atoms with Gasteiger partial charge < -0.3 is 4.57 Å². The molecule has 0 saturated carbocycles. The first-order valence-corrected chi connectivity index (χ1v) is 12.2. The van der Waals surface area contributed by atoms with Crippen molar-refractivity contribution in [3.05, 3.63) is 119 Å². The zero-order valence-electron chi connectivity index (χ0n) is 19.5. The Labute approximate surface area is 213 Å². The van der Waals surface area contributed by atoms with Crippen LogP contribution in [0.2, 0.25) is 5.02 Å². The van der Waals surface area contributed by atoms with Gasteiger partial charge in [-0.05, 0) is 69.3 Å². The molecule has 0 saturated heterocycles. The predicted molar refractivity (Wildman–Crippen MR) is 145 cm³/mol. The molecule has 36 heavy (non-hydrogen) atoms. The molecule has 0 aliphatic rings. The van der Waals surface area contributed by atoms with Gasteiger partial charge in [0, 0.05) is 29.7 Å². The van der Waals surface area contributed by atoms with Crippen LogP contribution < -0.4 is 0 Å². The molecular formula is C29H23ClN6. The van der Waals surface area contributed by atoms with Gasteiger partial charge in [-0.2, -0.15) is 0 Å². The summed E-state index contributed by atoms with van der Waals surface area (Å²) in [5.41, 5.74) is 6.73. The van der Waals surface area contributed by atoms with E-state index in [0.29, 0.717) is 5.02 Å². The Bertz CT molecular complexity index is 1670. The number of tetrazole rings is 1. The maximum atomic E-state index is 6.12. The van der Waals surface area contributed by atoms with Gasteiger partial charge in [0.2, 0.25) is 0 Å². The number of fused-ring (bicyclic) bond motifs is 2. The largest absolute Gasteiger partial charge is 0.343 e. The summed E-state index contributed by atoms with van der Waals surface area (Å²) in [7, 11) is 0. The second-order valence-electron chi connectivity index (χ2n) is 8.77. The number of nitrogens with zero attached hydrogens (tertiary/aromatic N) is 6. The lowest BCUT2D eigenvalue weighted by molar-refractivity contribution is 0.589. The van der Waals surface area contributed by atoms with Crippen LogP contribution in [0.5, 0.6) is 0 Å². The second-order valence-corrected chi connectivity index (χ2v) is 9.21. The molecule has 7 heteroatoms. The van der Waals surface area contributed by atoms with Crippen molar-refractivity contribution in [2.75, 3.05) is 0 Å². The summed E-state index contributed by atoms with van der Waals surface area (Å²) in [5.74, 6) is 0. The molecule has 0 unspecified atom stereocenters. The fourth-order valence-corrected chi connectivity index (χ4v) is 4.67. The van der Waals surface area contributed by atoms with Crippen LogP contribution in [0.1, 0.15) is 22.4 Å². The Balaban J connectivity index is 1.18. The number of hydrogen-bond acceptors (Lipinski definition) is 4. The van der Waals surface area contributed by atoms with Gasteiger partial charge in [-0.1, -0.05) is 72.3 Å². The highest BCUT2D eigenvalue weighted by atomic mass is 35.5. The topological polar surface area (TPSA) is 61.4 Å². The molecule has 6 nitrogen and oxygen atoms in total. The summed E-state index contributed by atoms with van der Waals surface area (Å²) < 4.78 is 4.08. The van der Waals surface area contributed by atoms with Gasteiger partial charge in [0.15, 0.2) is 0 Å². The molecule has 176 valence electrons. The average Bonchev–Trinajstić information content (AvgIpc) is 3.57. The molecule has 3 heterocycles. The van der Waals surface area contributed by atoms with Crippen molar-refractivity contribution in [2.45, 2.75) is 19.5 Å². The number of benzene rings is 3. The number of halogens is 1. The van der Waals surface area contributed by atoms with E-state index in [1.807, 2.05) is 30.3 Å². The summed E-state index contributed by atoms with van der Waals surface area (Å²) in [5, 5.41) is 14.5. The molecule has 6 aromatic rings. The van der Waals surface area contributed by atoms with E-state index in [2.05, 4.69) is 87.0 Å². The first-order chi connectivity index (χ1) is 17.7. The van der Waals surface area contributed by atoms with E-state index in [4.69, 9.17) is 16.6 Å². The van der Waals surface area contributed by atoms with Crippen molar-refractivity contribution in [1.29, 1.82) is 0 Å². The van der Waals surface area contributed by atoms with Crippen LogP contribution in [-0.2, 0) is 19.5 Å². The number of pyridine rings is 1. The molecular weight excluding hydrogens is 468 g/mol. The highest BCUT2D eigenvalue weighted by Gasteiger charge is 2.08. The fourth-order valence-electron chi connectivity index (χ4n) is 4.50. The number of aromatic nitrogens is 6. The normalized spacial score (nSPS) is 11.7. The fraction of sp³-hybridized carbons (Fsp3) is 0.103. The smallest absolute Gasteiger partial charge is 0.138 e. The first kappa shape index (κ1) is 22.2. The van der Waals surface area contributed by atoms with Crippen LogP contribution in [0.3, 0.4) is 0 Å². The van der Waals surface area contributed by atoms with E-state index in [1.54, 1.807) is 11.0 Å². The predicted octanol–water partition coefficient (Wildman–Crippen LogP) is 6.29. The maximum Gasteiger partial charge on any atom is 0.138 e. The first-order valence-electron chi connectivity index (χ1n) is 11.8. The van der Waals surface area contributed by atoms with Gasteiger partial charge >= 0.3 is 0 Å². The minimum absolute atomic E-state index is 0.696. The molecule has 0 aliphatic carbocycles. The van der Waals surface area contributed by atoms with E-state index < -0.39 is 0 Å². The molecule has 0 radical (unpaired) electrons. The van der Waals surface area contributed by atoms with Crippen LogP contribution in [-0.4, -0.2) is 29.8 Å². The third kappa shape index (κ3) is 4.76. The molecule has 0 aliphatic heterocycles. The van der Waals surface area contributed by atoms with Gasteiger partial charge in [0.25, 0.3) is 0 Å². The Kier molecular flexibility index (Phi) is 6.01. The van der Waals surface area contributed by atoms with E-state index >= 15 is 0 Å². The van der Waals surface area contributed by atoms with E-state index in [1.165, 1.54) is 22.0 Å². The van der Waals surface area contributed by atoms with Gasteiger partial charge in [-0.15, -0.1) is 5.10 Å². The lowest BCUT2D eigenvalue weighted by Gasteiger charge is -2.10. The molecule has 0 fully saturated rings. The molecule has 3 aromatic carbocycles. The Morgan fingerprint density at radius 2 is 1.75 bits per heavy atom. The van der Waals surface area contributed by atoms with Gasteiger partial charge in [0.05, 0.1) is 16.7 Å². The van der Waals surface area contributed by atoms with Gasteiger partial charge in [-0.25, -0.2) is 9.67 Å². The number of rotatable bonds is 7. The molecule has 0 spiro atoms. The summed E-state index contributed by atoms with van der Waals surface area (Å²) >= 11 is 6.12. The standard InChI is InChI=1S/C29H23ClN6/c30-26-11-9-23-10-13-27(32-28(23)18-26)12-8-21-4-6-22(7-5-21)19-35-16-14-24-2-1-3-25(29(24)35)15-17-36-20-31-33-34-36/h1-14,16,18,20H,15,17,19H2/b12-8+. The van der Waals surface area contributed by atoms with Gasteiger partial charge in [-0.3, -0.25) is 0 Å². The molecule has 0 atom stereocenters. The zero-order chi connectivity index (χ0) is 24.3. The van der Waals surface area contributed by atoms with Crippen LogP contribution in [0.15, 0.2) is 91.4 Å². The highest BCUT2D eigenvalue weighted by molar-refractivity contribution is 6.31. The lowest BCUT2D eigenvalue weighted by atomic mass is 10.1. The Hall–Kier alpha value is -4.29. The summed E-state index contributed by atoms with van der Waals surface area (Å²) in [4.78, 5) is 4.70. The van der Waals surface area contributed by atoms with Crippen LogP contribution in [0.25, 0.3) is 34.0 Å². The van der Waals surface area contributed by atoms with E-state index in [-0.39, 0.29) is 0 Å².